The van der Waals surface area contributed by atoms with Gasteiger partial charge in [0.15, 0.2) is 0 Å². The fourth-order valence-electron chi connectivity index (χ4n) is 1.92. The van der Waals surface area contributed by atoms with Crippen LogP contribution in [0, 0.1) is 0 Å². The SMILES string of the molecule is COc1cccc(NCC(=O)N/N=C\c2ccccc2OC(F)F)c1. The molecule has 0 saturated heterocycles. The summed E-state index contributed by atoms with van der Waals surface area (Å²) in [5.74, 6) is 0.246. The minimum Gasteiger partial charge on any atom is -0.497 e. The van der Waals surface area contributed by atoms with Crippen LogP contribution in [0.2, 0.25) is 0 Å². The number of para-hydroxylation sites is 1. The predicted molar refractivity (Wildman–Crippen MR) is 90.3 cm³/mol. The average molecular weight is 349 g/mol. The normalized spacial score (nSPS) is 10.7. The molecule has 132 valence electrons. The van der Waals surface area contributed by atoms with Crippen LogP contribution in [0.15, 0.2) is 53.6 Å². The van der Waals surface area contributed by atoms with Crippen molar-refractivity contribution in [1.29, 1.82) is 0 Å². The molecule has 0 aliphatic heterocycles. The van der Waals surface area contributed by atoms with Crippen LogP contribution in [0.1, 0.15) is 5.56 Å². The lowest BCUT2D eigenvalue weighted by Gasteiger charge is -2.08. The van der Waals surface area contributed by atoms with Gasteiger partial charge in [0.2, 0.25) is 0 Å². The van der Waals surface area contributed by atoms with Crippen LogP contribution in [-0.2, 0) is 4.79 Å². The summed E-state index contributed by atoms with van der Waals surface area (Å²) in [6.07, 6.45) is 1.24. The Labute approximate surface area is 143 Å². The van der Waals surface area contributed by atoms with Gasteiger partial charge < -0.3 is 14.8 Å². The van der Waals surface area contributed by atoms with Gasteiger partial charge in [0.25, 0.3) is 5.91 Å². The molecule has 0 bridgehead atoms. The molecule has 1 amide bonds. The van der Waals surface area contributed by atoms with Gasteiger partial charge >= 0.3 is 6.61 Å². The van der Waals surface area contributed by atoms with Gasteiger partial charge in [-0.3, -0.25) is 4.79 Å². The number of amides is 1. The number of nitrogens with zero attached hydrogens (tertiary/aromatic N) is 1. The first-order chi connectivity index (χ1) is 12.1. The lowest BCUT2D eigenvalue weighted by Crippen LogP contribution is -2.25. The van der Waals surface area contributed by atoms with E-state index in [0.29, 0.717) is 17.0 Å². The molecule has 8 heteroatoms. The number of hydrogen-bond donors (Lipinski definition) is 2. The fourth-order valence-corrected chi connectivity index (χ4v) is 1.92. The zero-order valence-corrected chi connectivity index (χ0v) is 13.4. The number of anilines is 1. The summed E-state index contributed by atoms with van der Waals surface area (Å²) in [6.45, 7) is -2.95. The number of alkyl halides is 2. The Bertz CT molecular complexity index is 739. The minimum absolute atomic E-state index is 0.0142. The zero-order chi connectivity index (χ0) is 18.1. The molecule has 2 N–H and O–H groups in total. The molecule has 0 unspecified atom stereocenters. The Hall–Kier alpha value is -3.16. The van der Waals surface area contributed by atoms with Gasteiger partial charge in [0, 0.05) is 17.3 Å². The van der Waals surface area contributed by atoms with E-state index in [9.17, 15) is 13.6 Å². The van der Waals surface area contributed by atoms with Crippen LogP contribution in [0.5, 0.6) is 11.5 Å². The highest BCUT2D eigenvalue weighted by atomic mass is 19.3. The lowest BCUT2D eigenvalue weighted by atomic mass is 10.2. The first-order valence-corrected chi connectivity index (χ1v) is 7.32. The first-order valence-electron chi connectivity index (χ1n) is 7.32. The van der Waals surface area contributed by atoms with Gasteiger partial charge in [-0.2, -0.15) is 13.9 Å². The van der Waals surface area contributed by atoms with Crippen LogP contribution in [0.4, 0.5) is 14.5 Å². The van der Waals surface area contributed by atoms with E-state index in [1.54, 1.807) is 49.6 Å². The minimum atomic E-state index is -2.93. The van der Waals surface area contributed by atoms with Crippen molar-refractivity contribution in [3.05, 3.63) is 54.1 Å². The van der Waals surface area contributed by atoms with Crippen molar-refractivity contribution in [2.45, 2.75) is 6.61 Å². The smallest absolute Gasteiger partial charge is 0.387 e. The van der Waals surface area contributed by atoms with E-state index in [1.165, 1.54) is 12.3 Å². The number of methoxy groups -OCH3 is 1. The summed E-state index contributed by atoms with van der Waals surface area (Å²) in [5, 5.41) is 6.66. The Morgan fingerprint density at radius 3 is 2.80 bits per heavy atom. The number of carbonyl (C=O) groups is 1. The number of ether oxygens (including phenoxy) is 2. The third kappa shape index (κ3) is 6.09. The maximum absolute atomic E-state index is 12.3. The van der Waals surface area contributed by atoms with Crippen molar-refractivity contribution >= 4 is 17.8 Å². The van der Waals surface area contributed by atoms with Crippen LogP contribution in [0.25, 0.3) is 0 Å². The Balaban J connectivity index is 1.86. The van der Waals surface area contributed by atoms with Gasteiger partial charge in [0.05, 0.1) is 19.9 Å². The molecule has 0 aliphatic carbocycles. The molecule has 0 spiro atoms. The summed E-state index contributed by atoms with van der Waals surface area (Å²) < 4.78 is 34.1. The molecule has 0 fully saturated rings. The predicted octanol–water partition coefficient (Wildman–Crippen LogP) is 2.86. The van der Waals surface area contributed by atoms with Crippen molar-refractivity contribution in [1.82, 2.24) is 5.43 Å². The first kappa shape index (κ1) is 18.2. The monoisotopic (exact) mass is 349 g/mol. The molecule has 0 saturated carbocycles. The molecule has 2 rings (SSSR count). The number of benzene rings is 2. The molecular formula is C17H17F2N3O3. The van der Waals surface area contributed by atoms with Crippen LogP contribution in [0.3, 0.4) is 0 Å². The third-order valence-electron chi connectivity index (χ3n) is 3.05. The van der Waals surface area contributed by atoms with Gasteiger partial charge in [-0.25, -0.2) is 5.43 Å². The standard InChI is InChI=1S/C17H17F2N3O3/c1-24-14-7-4-6-13(9-14)20-11-16(23)22-21-10-12-5-2-3-8-15(12)25-17(18)19/h2-10,17,20H,11H2,1H3,(H,22,23)/b21-10-. The summed E-state index contributed by atoms with van der Waals surface area (Å²) in [4.78, 5) is 11.8. The number of rotatable bonds is 8. The second-order valence-corrected chi connectivity index (χ2v) is 4.80. The number of carbonyl (C=O) groups excluding carboxylic acids is 1. The van der Waals surface area contributed by atoms with E-state index < -0.39 is 12.5 Å². The molecule has 0 aromatic heterocycles. The molecular weight excluding hydrogens is 332 g/mol. The Kier molecular flexibility index (Phi) is 6.70. The summed E-state index contributed by atoms with van der Waals surface area (Å²) in [5.41, 5.74) is 3.34. The average Bonchev–Trinajstić information content (AvgIpc) is 2.61. The van der Waals surface area contributed by atoms with Crippen molar-refractivity contribution < 1.29 is 23.0 Å². The lowest BCUT2D eigenvalue weighted by molar-refractivity contribution is -0.119. The van der Waals surface area contributed by atoms with E-state index in [4.69, 9.17) is 4.74 Å². The Morgan fingerprint density at radius 1 is 1.24 bits per heavy atom. The molecule has 25 heavy (non-hydrogen) atoms. The van der Waals surface area contributed by atoms with Gasteiger partial charge in [0.1, 0.15) is 11.5 Å². The number of nitrogens with one attached hydrogen (secondary N) is 2. The number of hydrogen-bond acceptors (Lipinski definition) is 5. The molecule has 6 nitrogen and oxygen atoms in total. The highest BCUT2D eigenvalue weighted by Gasteiger charge is 2.07. The van der Waals surface area contributed by atoms with Crippen molar-refractivity contribution in [3.63, 3.8) is 0 Å². The molecule has 2 aromatic rings. The molecule has 0 heterocycles. The second-order valence-electron chi connectivity index (χ2n) is 4.80. The highest BCUT2D eigenvalue weighted by molar-refractivity contribution is 5.86. The summed E-state index contributed by atoms with van der Waals surface area (Å²) in [7, 11) is 1.55. The van der Waals surface area contributed by atoms with E-state index in [-0.39, 0.29) is 12.3 Å². The van der Waals surface area contributed by atoms with Crippen molar-refractivity contribution in [2.24, 2.45) is 5.10 Å². The Morgan fingerprint density at radius 2 is 2.04 bits per heavy atom. The third-order valence-corrected chi connectivity index (χ3v) is 3.05. The highest BCUT2D eigenvalue weighted by Crippen LogP contribution is 2.18. The van der Waals surface area contributed by atoms with Crippen LogP contribution in [-0.4, -0.2) is 32.4 Å². The maximum atomic E-state index is 12.3. The van der Waals surface area contributed by atoms with Crippen LogP contribution >= 0.6 is 0 Å². The molecule has 0 atom stereocenters. The van der Waals surface area contributed by atoms with E-state index in [1.807, 2.05) is 0 Å². The van der Waals surface area contributed by atoms with Crippen molar-refractivity contribution in [2.75, 3.05) is 19.0 Å². The summed E-state index contributed by atoms with van der Waals surface area (Å²) >= 11 is 0. The maximum Gasteiger partial charge on any atom is 0.387 e. The molecule has 0 aliphatic rings. The van der Waals surface area contributed by atoms with Crippen LogP contribution < -0.4 is 20.2 Å². The van der Waals surface area contributed by atoms with Crippen molar-refractivity contribution in [3.8, 4) is 11.5 Å². The van der Waals surface area contributed by atoms with E-state index in [0.717, 1.165) is 0 Å². The number of hydrazone groups is 1. The largest absolute Gasteiger partial charge is 0.497 e. The topological polar surface area (TPSA) is 72.0 Å². The molecule has 2 aromatic carbocycles. The quantitative estimate of drug-likeness (QED) is 0.568. The fraction of sp³-hybridized carbons (Fsp3) is 0.176. The van der Waals surface area contributed by atoms with Gasteiger partial charge in [-0.15, -0.1) is 0 Å². The van der Waals surface area contributed by atoms with E-state index >= 15 is 0 Å². The zero-order valence-electron chi connectivity index (χ0n) is 13.4. The number of halogens is 2. The van der Waals surface area contributed by atoms with Gasteiger partial charge in [-0.1, -0.05) is 18.2 Å². The second kappa shape index (κ2) is 9.21. The van der Waals surface area contributed by atoms with E-state index in [2.05, 4.69) is 20.6 Å². The van der Waals surface area contributed by atoms with Gasteiger partial charge in [-0.05, 0) is 24.3 Å². The summed E-state index contributed by atoms with van der Waals surface area (Å²) in [6, 6.07) is 13.2. The molecule has 0 radical (unpaired) electrons.